The molecule has 1 saturated carbocycles. The third-order valence-corrected chi connectivity index (χ3v) is 7.24. The van der Waals surface area contributed by atoms with Gasteiger partial charge in [0.25, 0.3) is 0 Å². The Balaban J connectivity index is 1.44. The number of ether oxygens (including phenoxy) is 4. The van der Waals surface area contributed by atoms with Crippen LogP contribution in [0, 0.1) is 5.92 Å². The van der Waals surface area contributed by atoms with Gasteiger partial charge in [-0.05, 0) is 49.2 Å². The molecule has 1 unspecified atom stereocenters. The first-order chi connectivity index (χ1) is 19.5. The van der Waals surface area contributed by atoms with Gasteiger partial charge in [-0.15, -0.1) is 0 Å². The molecule has 1 heterocycles. The van der Waals surface area contributed by atoms with Crippen molar-refractivity contribution < 1.29 is 38.1 Å². The van der Waals surface area contributed by atoms with Crippen LogP contribution in [0.5, 0.6) is 0 Å². The van der Waals surface area contributed by atoms with Crippen LogP contribution in [0.2, 0.25) is 0 Å². The molecular weight excluding hydrogens is 512 g/mol. The number of esters is 3. The van der Waals surface area contributed by atoms with Crippen LogP contribution >= 0.6 is 0 Å². The highest BCUT2D eigenvalue weighted by Crippen LogP contribution is 2.37. The smallest absolute Gasteiger partial charge is 0.338 e. The quantitative estimate of drug-likeness (QED) is 0.295. The van der Waals surface area contributed by atoms with E-state index in [-0.39, 0.29) is 12.4 Å². The van der Waals surface area contributed by atoms with Gasteiger partial charge in [0.2, 0.25) is 0 Å². The molecular formula is C32H30O8. The topological polar surface area (TPSA) is 105 Å². The molecule has 2 aliphatic rings. The lowest BCUT2D eigenvalue weighted by molar-refractivity contribution is -0.133. The summed E-state index contributed by atoms with van der Waals surface area (Å²) >= 11 is 0. The summed E-state index contributed by atoms with van der Waals surface area (Å²) in [7, 11) is 0. The van der Waals surface area contributed by atoms with Crippen LogP contribution in [-0.4, -0.2) is 54.7 Å². The second-order valence-electron chi connectivity index (χ2n) is 9.89. The maximum absolute atomic E-state index is 13.2. The summed E-state index contributed by atoms with van der Waals surface area (Å²) in [5, 5.41) is 0. The van der Waals surface area contributed by atoms with Gasteiger partial charge < -0.3 is 18.9 Å². The fraction of sp³-hybridized carbons (Fsp3) is 0.312. The lowest BCUT2D eigenvalue weighted by atomic mass is 9.82. The van der Waals surface area contributed by atoms with Crippen LogP contribution in [0.4, 0.5) is 0 Å². The van der Waals surface area contributed by atoms with Crippen molar-refractivity contribution in [3.63, 3.8) is 0 Å². The Morgan fingerprint density at radius 1 is 0.675 bits per heavy atom. The standard InChI is InChI=1S/C32H30O8/c33-25-19-11-10-18-24(25)27-29(40-32(36)23-16-8-3-9-17-23)28(39-31(35)22-14-6-2-7-15-22)26(38-27)20-37-30(34)21-12-4-1-5-13-21/h1-9,12-17,24,26-29H,10-11,18-20H2/t24?,26-,27+,28-,29+/m1/s1. The lowest BCUT2D eigenvalue weighted by Crippen LogP contribution is -2.45. The monoisotopic (exact) mass is 542 g/mol. The zero-order valence-corrected chi connectivity index (χ0v) is 21.8. The van der Waals surface area contributed by atoms with Crippen LogP contribution in [0.25, 0.3) is 0 Å². The molecule has 5 atom stereocenters. The molecule has 2 fully saturated rings. The molecule has 8 nitrogen and oxygen atoms in total. The van der Waals surface area contributed by atoms with E-state index in [1.54, 1.807) is 91.0 Å². The number of ketones is 1. The summed E-state index contributed by atoms with van der Waals surface area (Å²) < 4.78 is 23.7. The molecule has 0 radical (unpaired) electrons. The van der Waals surface area contributed by atoms with Crippen molar-refractivity contribution in [2.24, 2.45) is 5.92 Å². The van der Waals surface area contributed by atoms with Crippen LogP contribution in [-0.2, 0) is 23.7 Å². The molecule has 5 rings (SSSR count). The summed E-state index contributed by atoms with van der Waals surface area (Å²) in [6.07, 6.45) is -1.50. The molecule has 0 spiro atoms. The molecule has 0 amide bonds. The highest BCUT2D eigenvalue weighted by Gasteiger charge is 2.54. The summed E-state index contributed by atoms with van der Waals surface area (Å²) in [4.78, 5) is 52.0. The first-order valence-corrected chi connectivity index (χ1v) is 13.4. The van der Waals surface area contributed by atoms with Gasteiger partial charge in [-0.2, -0.15) is 0 Å². The second-order valence-corrected chi connectivity index (χ2v) is 9.89. The van der Waals surface area contributed by atoms with E-state index in [4.69, 9.17) is 18.9 Å². The van der Waals surface area contributed by atoms with Gasteiger partial charge >= 0.3 is 17.9 Å². The second kappa shape index (κ2) is 12.7. The van der Waals surface area contributed by atoms with Gasteiger partial charge in [0.15, 0.2) is 12.2 Å². The Bertz CT molecular complexity index is 1320. The minimum atomic E-state index is -1.12. The van der Waals surface area contributed by atoms with E-state index in [9.17, 15) is 19.2 Å². The highest BCUT2D eigenvalue weighted by atomic mass is 16.6. The minimum Gasteiger partial charge on any atom is -0.459 e. The van der Waals surface area contributed by atoms with Gasteiger partial charge in [0.05, 0.1) is 16.7 Å². The SMILES string of the molecule is O=C(OC[C@H]1O[C@@H](C2CCCCC2=O)[C@H](OC(=O)c2ccccc2)[C@@H]1OC(=O)c1ccccc1)c1ccccc1. The average Bonchev–Trinajstić information content (AvgIpc) is 3.33. The number of Topliss-reactive ketones (excluding diaryl/α,β-unsaturated/α-hetero) is 1. The van der Waals surface area contributed by atoms with Gasteiger partial charge in [-0.3, -0.25) is 4.79 Å². The maximum atomic E-state index is 13.2. The molecule has 0 aromatic heterocycles. The van der Waals surface area contributed by atoms with E-state index in [2.05, 4.69) is 0 Å². The van der Waals surface area contributed by atoms with E-state index in [0.717, 1.165) is 12.8 Å². The van der Waals surface area contributed by atoms with Crippen molar-refractivity contribution in [3.8, 4) is 0 Å². The van der Waals surface area contributed by atoms with Crippen molar-refractivity contribution >= 4 is 23.7 Å². The van der Waals surface area contributed by atoms with Crippen molar-refractivity contribution in [3.05, 3.63) is 108 Å². The van der Waals surface area contributed by atoms with Crippen molar-refractivity contribution in [1.82, 2.24) is 0 Å². The van der Waals surface area contributed by atoms with Crippen molar-refractivity contribution in [2.75, 3.05) is 6.61 Å². The van der Waals surface area contributed by atoms with Crippen molar-refractivity contribution in [2.45, 2.75) is 50.1 Å². The predicted octanol–water partition coefficient (Wildman–Crippen LogP) is 4.82. The number of benzene rings is 3. The van der Waals surface area contributed by atoms with Crippen LogP contribution in [0.1, 0.15) is 56.8 Å². The number of carbonyl (C=O) groups is 4. The third kappa shape index (κ3) is 6.29. The molecule has 40 heavy (non-hydrogen) atoms. The van der Waals surface area contributed by atoms with E-state index < -0.39 is 48.2 Å². The Morgan fingerprint density at radius 2 is 1.18 bits per heavy atom. The Morgan fingerprint density at radius 3 is 1.70 bits per heavy atom. The maximum Gasteiger partial charge on any atom is 0.338 e. The van der Waals surface area contributed by atoms with Gasteiger partial charge in [-0.25, -0.2) is 14.4 Å². The summed E-state index contributed by atoms with van der Waals surface area (Å²) in [6, 6.07) is 25.3. The molecule has 3 aromatic rings. The predicted molar refractivity (Wildman–Crippen MR) is 144 cm³/mol. The Hall–Kier alpha value is -4.30. The van der Waals surface area contributed by atoms with Gasteiger partial charge in [-0.1, -0.05) is 61.0 Å². The molecule has 1 aliphatic carbocycles. The third-order valence-electron chi connectivity index (χ3n) is 7.24. The van der Waals surface area contributed by atoms with E-state index in [1.165, 1.54) is 0 Å². The normalized spacial score (nSPS) is 24.2. The van der Waals surface area contributed by atoms with E-state index >= 15 is 0 Å². The van der Waals surface area contributed by atoms with Crippen LogP contribution in [0.3, 0.4) is 0 Å². The largest absolute Gasteiger partial charge is 0.459 e. The first kappa shape index (κ1) is 27.3. The molecule has 0 bridgehead atoms. The number of hydrogen-bond donors (Lipinski definition) is 0. The fourth-order valence-corrected chi connectivity index (χ4v) is 5.19. The van der Waals surface area contributed by atoms with E-state index in [1.807, 2.05) is 0 Å². The molecule has 206 valence electrons. The van der Waals surface area contributed by atoms with E-state index in [0.29, 0.717) is 29.5 Å². The van der Waals surface area contributed by atoms with Crippen LogP contribution < -0.4 is 0 Å². The van der Waals surface area contributed by atoms with Crippen LogP contribution in [0.15, 0.2) is 91.0 Å². The average molecular weight is 543 g/mol. The van der Waals surface area contributed by atoms with Gasteiger partial charge in [0.1, 0.15) is 24.6 Å². The molecule has 8 heteroatoms. The molecule has 3 aromatic carbocycles. The van der Waals surface area contributed by atoms with Gasteiger partial charge in [0, 0.05) is 12.3 Å². The minimum absolute atomic E-state index is 0.00655. The molecule has 0 N–H and O–H groups in total. The number of hydrogen-bond acceptors (Lipinski definition) is 8. The first-order valence-electron chi connectivity index (χ1n) is 13.4. The Kier molecular flexibility index (Phi) is 8.66. The van der Waals surface area contributed by atoms with Crippen molar-refractivity contribution in [1.29, 1.82) is 0 Å². The fourth-order valence-electron chi connectivity index (χ4n) is 5.19. The summed E-state index contributed by atoms with van der Waals surface area (Å²) in [5.74, 6) is -2.40. The Labute approximate surface area is 232 Å². The number of carbonyl (C=O) groups excluding carboxylic acids is 4. The lowest BCUT2D eigenvalue weighted by Gasteiger charge is -2.30. The zero-order chi connectivity index (χ0) is 27.9. The highest BCUT2D eigenvalue weighted by molar-refractivity contribution is 5.91. The zero-order valence-electron chi connectivity index (χ0n) is 21.8. The summed E-state index contributed by atoms with van der Waals surface area (Å²) in [6.45, 7) is -0.267. The molecule has 1 aliphatic heterocycles. The number of rotatable bonds is 8. The molecule has 1 saturated heterocycles. The summed E-state index contributed by atoms with van der Waals surface area (Å²) in [5.41, 5.74) is 0.959.